The lowest BCUT2D eigenvalue weighted by atomic mass is 9.88. The summed E-state index contributed by atoms with van der Waals surface area (Å²) in [5.41, 5.74) is 0.798. The Hall–Kier alpha value is -2.08. The Morgan fingerprint density at radius 2 is 2.04 bits per heavy atom. The maximum Gasteiger partial charge on any atom is 0.305 e. The third kappa shape index (κ3) is 3.87. The number of nitrogens with zero attached hydrogens (tertiary/aromatic N) is 1. The van der Waals surface area contributed by atoms with Gasteiger partial charge in [-0.2, -0.15) is 0 Å². The minimum Gasteiger partial charge on any atom is -0.481 e. The molecule has 3 rings (SSSR count). The van der Waals surface area contributed by atoms with Crippen molar-refractivity contribution >= 4 is 17.6 Å². The first-order valence-electron chi connectivity index (χ1n) is 8.55. The molecular formula is C18H24N2O4. The molecule has 1 atom stereocenters. The third-order valence-electron chi connectivity index (χ3n) is 4.77. The van der Waals surface area contributed by atoms with Crippen LogP contribution in [0.1, 0.15) is 42.5 Å². The molecule has 1 unspecified atom stereocenters. The molecule has 6 nitrogen and oxygen atoms in total. The lowest BCUT2D eigenvalue weighted by molar-refractivity contribution is -0.140. The fraction of sp³-hybridized carbons (Fsp3) is 0.556. The second-order valence-electron chi connectivity index (χ2n) is 6.71. The van der Waals surface area contributed by atoms with Crippen LogP contribution >= 0.6 is 0 Å². The van der Waals surface area contributed by atoms with E-state index in [0.717, 1.165) is 25.2 Å². The Bertz CT molecular complexity index is 605. The van der Waals surface area contributed by atoms with Crippen molar-refractivity contribution in [2.24, 2.45) is 0 Å². The van der Waals surface area contributed by atoms with E-state index in [2.05, 4.69) is 10.2 Å². The summed E-state index contributed by atoms with van der Waals surface area (Å²) in [5, 5.41) is 12.1. The number of carboxylic acids is 1. The van der Waals surface area contributed by atoms with E-state index in [9.17, 15) is 14.7 Å². The number of hydrogen-bond donors (Lipinski definition) is 2. The molecule has 0 saturated carbocycles. The van der Waals surface area contributed by atoms with E-state index >= 15 is 0 Å². The highest BCUT2D eigenvalue weighted by atomic mass is 16.5. The summed E-state index contributed by atoms with van der Waals surface area (Å²) in [5.74, 6) is -1.16. The summed E-state index contributed by atoms with van der Waals surface area (Å²) >= 11 is 0. The molecule has 2 aliphatic heterocycles. The number of ether oxygens (including phenoxy) is 1. The summed E-state index contributed by atoms with van der Waals surface area (Å²) in [6.45, 7) is 2.89. The normalized spacial score (nSPS) is 23.9. The highest BCUT2D eigenvalue weighted by Crippen LogP contribution is 2.25. The van der Waals surface area contributed by atoms with Crippen LogP contribution in [0.2, 0.25) is 0 Å². The maximum absolute atomic E-state index is 12.7. The molecule has 130 valence electrons. The summed E-state index contributed by atoms with van der Waals surface area (Å²) in [4.78, 5) is 26.2. The zero-order chi connectivity index (χ0) is 17.0. The van der Waals surface area contributed by atoms with Gasteiger partial charge in [0.2, 0.25) is 0 Å². The van der Waals surface area contributed by atoms with Crippen molar-refractivity contribution in [3.63, 3.8) is 0 Å². The first-order chi connectivity index (χ1) is 11.6. The van der Waals surface area contributed by atoms with Gasteiger partial charge in [-0.25, -0.2) is 0 Å². The number of carbonyl (C=O) groups excluding carboxylic acids is 1. The van der Waals surface area contributed by atoms with Gasteiger partial charge in [0.15, 0.2) is 0 Å². The Morgan fingerprint density at radius 3 is 2.71 bits per heavy atom. The van der Waals surface area contributed by atoms with Gasteiger partial charge < -0.3 is 20.1 Å². The Balaban J connectivity index is 1.75. The number of carboxylic acid groups (broad SMARTS) is 1. The van der Waals surface area contributed by atoms with Crippen molar-refractivity contribution in [1.82, 2.24) is 5.32 Å². The van der Waals surface area contributed by atoms with Gasteiger partial charge in [0.05, 0.1) is 18.6 Å². The molecule has 0 aliphatic carbocycles. The monoisotopic (exact) mass is 332 g/mol. The molecule has 24 heavy (non-hydrogen) atoms. The van der Waals surface area contributed by atoms with Crippen molar-refractivity contribution in [3.05, 3.63) is 29.8 Å². The third-order valence-corrected chi connectivity index (χ3v) is 4.77. The molecule has 2 N–H and O–H groups in total. The van der Waals surface area contributed by atoms with Crippen LogP contribution in [0.25, 0.3) is 0 Å². The number of amides is 1. The predicted molar refractivity (Wildman–Crippen MR) is 90.4 cm³/mol. The molecule has 1 aromatic rings. The molecular weight excluding hydrogens is 308 g/mol. The predicted octanol–water partition coefficient (Wildman–Crippen LogP) is 2.04. The highest BCUT2D eigenvalue weighted by Gasteiger charge is 2.37. The molecule has 6 heteroatoms. The summed E-state index contributed by atoms with van der Waals surface area (Å²) in [7, 11) is 0. The molecule has 0 aromatic heterocycles. The zero-order valence-corrected chi connectivity index (χ0v) is 13.8. The number of nitrogens with one attached hydrogen (secondary N) is 1. The molecule has 1 amide bonds. The van der Waals surface area contributed by atoms with Gasteiger partial charge in [0, 0.05) is 30.9 Å². The van der Waals surface area contributed by atoms with Gasteiger partial charge in [-0.15, -0.1) is 0 Å². The Kier molecular flexibility index (Phi) is 5.04. The van der Waals surface area contributed by atoms with Crippen LogP contribution in [-0.2, 0) is 9.53 Å². The lowest BCUT2D eigenvalue weighted by Crippen LogP contribution is -2.55. The standard InChI is InChI=1S/C18H24N2O4/c21-16(22)12-18(7-4-10-24-13-18)19-17(23)14-5-3-6-15(11-14)20-8-1-2-9-20/h3,5-6,11H,1-2,4,7-10,12-13H2,(H,19,23)(H,21,22). The van der Waals surface area contributed by atoms with Gasteiger partial charge in [-0.3, -0.25) is 9.59 Å². The van der Waals surface area contributed by atoms with E-state index in [-0.39, 0.29) is 18.9 Å². The van der Waals surface area contributed by atoms with Crippen LogP contribution in [-0.4, -0.2) is 48.8 Å². The average molecular weight is 332 g/mol. The number of rotatable bonds is 5. The van der Waals surface area contributed by atoms with E-state index in [1.54, 1.807) is 6.07 Å². The van der Waals surface area contributed by atoms with Crippen LogP contribution in [0.15, 0.2) is 24.3 Å². The summed E-state index contributed by atoms with van der Waals surface area (Å²) < 4.78 is 5.44. The van der Waals surface area contributed by atoms with Crippen LogP contribution < -0.4 is 10.2 Å². The quantitative estimate of drug-likeness (QED) is 0.863. The van der Waals surface area contributed by atoms with Crippen LogP contribution in [0.5, 0.6) is 0 Å². The number of benzene rings is 1. The van der Waals surface area contributed by atoms with E-state index < -0.39 is 11.5 Å². The Labute approximate surface area is 141 Å². The van der Waals surface area contributed by atoms with Gasteiger partial charge in [0.1, 0.15) is 0 Å². The minimum absolute atomic E-state index is 0.120. The number of aliphatic carboxylic acids is 1. The van der Waals surface area contributed by atoms with Crippen molar-refractivity contribution in [3.8, 4) is 0 Å². The summed E-state index contributed by atoms with van der Waals surface area (Å²) in [6.07, 6.45) is 3.60. The fourth-order valence-electron chi connectivity index (χ4n) is 3.56. The Morgan fingerprint density at radius 1 is 1.25 bits per heavy atom. The SMILES string of the molecule is O=C(O)CC1(NC(=O)c2cccc(N3CCCC3)c2)CCCOC1. The number of anilines is 1. The number of carbonyl (C=O) groups is 2. The highest BCUT2D eigenvalue weighted by molar-refractivity contribution is 5.96. The van der Waals surface area contributed by atoms with E-state index in [4.69, 9.17) is 4.74 Å². The molecule has 1 aromatic carbocycles. The van der Waals surface area contributed by atoms with Gasteiger partial charge in [0.25, 0.3) is 5.91 Å². The maximum atomic E-state index is 12.7. The topological polar surface area (TPSA) is 78.9 Å². The average Bonchev–Trinajstić information content (AvgIpc) is 3.09. The van der Waals surface area contributed by atoms with Crippen molar-refractivity contribution in [2.75, 3.05) is 31.2 Å². The minimum atomic E-state index is -0.924. The van der Waals surface area contributed by atoms with Gasteiger partial charge >= 0.3 is 5.97 Å². The molecule has 2 aliphatic rings. The fourth-order valence-corrected chi connectivity index (χ4v) is 3.56. The van der Waals surface area contributed by atoms with E-state index in [0.29, 0.717) is 18.6 Å². The molecule has 2 fully saturated rings. The lowest BCUT2D eigenvalue weighted by Gasteiger charge is -2.36. The summed E-state index contributed by atoms with van der Waals surface area (Å²) in [6, 6.07) is 7.55. The number of hydrogen-bond acceptors (Lipinski definition) is 4. The molecule has 0 bridgehead atoms. The van der Waals surface area contributed by atoms with Gasteiger partial charge in [-0.05, 0) is 43.9 Å². The van der Waals surface area contributed by atoms with E-state index in [1.807, 2.05) is 18.2 Å². The zero-order valence-electron chi connectivity index (χ0n) is 13.8. The molecule has 2 heterocycles. The van der Waals surface area contributed by atoms with Crippen LogP contribution in [0.3, 0.4) is 0 Å². The first-order valence-corrected chi connectivity index (χ1v) is 8.55. The van der Waals surface area contributed by atoms with Crippen LogP contribution in [0, 0.1) is 0 Å². The first kappa shape index (κ1) is 16.8. The van der Waals surface area contributed by atoms with E-state index in [1.165, 1.54) is 12.8 Å². The smallest absolute Gasteiger partial charge is 0.305 e. The van der Waals surface area contributed by atoms with Crippen molar-refractivity contribution in [1.29, 1.82) is 0 Å². The largest absolute Gasteiger partial charge is 0.481 e. The van der Waals surface area contributed by atoms with Gasteiger partial charge in [-0.1, -0.05) is 6.07 Å². The second kappa shape index (κ2) is 7.21. The van der Waals surface area contributed by atoms with Crippen molar-refractivity contribution < 1.29 is 19.4 Å². The molecule has 2 saturated heterocycles. The molecule has 0 radical (unpaired) electrons. The van der Waals surface area contributed by atoms with Crippen LogP contribution in [0.4, 0.5) is 5.69 Å². The van der Waals surface area contributed by atoms with Crippen molar-refractivity contribution in [2.45, 2.75) is 37.6 Å². The molecule has 0 spiro atoms. The second-order valence-corrected chi connectivity index (χ2v) is 6.71.